The Bertz CT molecular complexity index is 177. The van der Waals surface area contributed by atoms with Crippen molar-refractivity contribution < 1.29 is 10.2 Å². The van der Waals surface area contributed by atoms with Crippen molar-refractivity contribution in [3.8, 4) is 0 Å². The van der Waals surface area contributed by atoms with E-state index in [4.69, 9.17) is 10.2 Å². The molecule has 0 aromatic rings. The van der Waals surface area contributed by atoms with E-state index in [0.717, 1.165) is 32.5 Å². The van der Waals surface area contributed by atoms with E-state index in [2.05, 4.69) is 9.80 Å². The minimum absolute atomic E-state index is 0.266. The van der Waals surface area contributed by atoms with Crippen LogP contribution >= 0.6 is 0 Å². The molecule has 0 aromatic heterocycles. The summed E-state index contributed by atoms with van der Waals surface area (Å²) in [6.45, 7) is 7.28. The van der Waals surface area contributed by atoms with Gasteiger partial charge in [-0.3, -0.25) is 0 Å². The van der Waals surface area contributed by atoms with E-state index in [1.54, 1.807) is 0 Å². The van der Waals surface area contributed by atoms with Crippen molar-refractivity contribution in [2.75, 3.05) is 52.5 Å². The molecule has 1 fully saturated rings. The van der Waals surface area contributed by atoms with Crippen molar-refractivity contribution in [1.82, 2.24) is 9.80 Å². The molecular weight excluding hydrogens is 228 g/mol. The summed E-state index contributed by atoms with van der Waals surface area (Å²) < 4.78 is 0. The van der Waals surface area contributed by atoms with Gasteiger partial charge in [0, 0.05) is 26.3 Å². The summed E-state index contributed by atoms with van der Waals surface area (Å²) in [6, 6.07) is 0. The van der Waals surface area contributed by atoms with E-state index in [1.165, 1.54) is 45.3 Å². The smallest absolute Gasteiger partial charge is 0.0443 e. The van der Waals surface area contributed by atoms with E-state index in [1.807, 2.05) is 0 Å². The summed E-state index contributed by atoms with van der Waals surface area (Å²) in [7, 11) is 0. The zero-order valence-corrected chi connectivity index (χ0v) is 11.7. The number of likely N-dealkylation sites (tertiary alicyclic amines) is 1. The average Bonchev–Trinajstić information content (AvgIpc) is 2.42. The first-order valence-electron chi connectivity index (χ1n) is 7.53. The molecule has 0 radical (unpaired) electrons. The Hall–Kier alpha value is -0.160. The molecule has 108 valence electrons. The highest BCUT2D eigenvalue weighted by atomic mass is 16.3. The number of nitrogens with zero attached hydrogens (tertiary/aromatic N) is 2. The van der Waals surface area contributed by atoms with Crippen LogP contribution in [0.3, 0.4) is 0 Å². The van der Waals surface area contributed by atoms with Crippen LogP contribution in [-0.4, -0.2) is 72.5 Å². The monoisotopic (exact) mass is 258 g/mol. The van der Waals surface area contributed by atoms with Crippen molar-refractivity contribution in [3.05, 3.63) is 0 Å². The van der Waals surface area contributed by atoms with Crippen LogP contribution in [0.2, 0.25) is 0 Å². The van der Waals surface area contributed by atoms with Gasteiger partial charge in [-0.05, 0) is 58.3 Å². The summed E-state index contributed by atoms with van der Waals surface area (Å²) in [6.07, 6.45) is 7.01. The quantitative estimate of drug-likeness (QED) is 0.612. The van der Waals surface area contributed by atoms with Crippen LogP contribution in [0.4, 0.5) is 0 Å². The van der Waals surface area contributed by atoms with E-state index in [0.29, 0.717) is 0 Å². The van der Waals surface area contributed by atoms with Gasteiger partial charge >= 0.3 is 0 Å². The lowest BCUT2D eigenvalue weighted by Gasteiger charge is -2.28. The Labute approximate surface area is 112 Å². The second kappa shape index (κ2) is 10.7. The van der Waals surface area contributed by atoms with Gasteiger partial charge in [-0.1, -0.05) is 6.42 Å². The molecule has 2 N–H and O–H groups in total. The molecule has 0 amide bonds. The van der Waals surface area contributed by atoms with Gasteiger partial charge in [-0.15, -0.1) is 0 Å². The van der Waals surface area contributed by atoms with Gasteiger partial charge in [0.25, 0.3) is 0 Å². The predicted molar refractivity (Wildman–Crippen MR) is 74.8 cm³/mol. The molecule has 1 rings (SSSR count). The van der Waals surface area contributed by atoms with Gasteiger partial charge in [0.1, 0.15) is 0 Å². The van der Waals surface area contributed by atoms with Gasteiger partial charge in [-0.2, -0.15) is 0 Å². The minimum Gasteiger partial charge on any atom is -0.396 e. The van der Waals surface area contributed by atoms with Crippen LogP contribution in [0.15, 0.2) is 0 Å². The van der Waals surface area contributed by atoms with Crippen LogP contribution in [0, 0.1) is 0 Å². The summed E-state index contributed by atoms with van der Waals surface area (Å²) in [5.41, 5.74) is 0. The zero-order valence-electron chi connectivity index (χ0n) is 11.7. The molecule has 0 aliphatic carbocycles. The number of piperidine rings is 1. The van der Waals surface area contributed by atoms with Crippen molar-refractivity contribution in [1.29, 1.82) is 0 Å². The fraction of sp³-hybridized carbons (Fsp3) is 1.00. The van der Waals surface area contributed by atoms with Crippen molar-refractivity contribution >= 4 is 0 Å². The largest absolute Gasteiger partial charge is 0.396 e. The molecule has 1 aliphatic rings. The first-order chi connectivity index (χ1) is 8.86. The van der Waals surface area contributed by atoms with Gasteiger partial charge in [-0.25, -0.2) is 0 Å². The zero-order chi connectivity index (χ0) is 13.1. The number of rotatable bonds is 10. The molecule has 4 nitrogen and oxygen atoms in total. The van der Waals surface area contributed by atoms with E-state index >= 15 is 0 Å². The lowest BCUT2D eigenvalue weighted by atomic mass is 10.1. The Morgan fingerprint density at radius 2 is 1.33 bits per heavy atom. The molecule has 1 heterocycles. The predicted octanol–water partition coefficient (Wildman–Crippen LogP) is 0.929. The SMILES string of the molecule is OCCCN(CCCO)CCCN1CCCCC1. The molecule has 0 aromatic carbocycles. The molecule has 0 saturated carbocycles. The maximum absolute atomic E-state index is 8.89. The number of aliphatic hydroxyl groups is 2. The third kappa shape index (κ3) is 7.31. The van der Waals surface area contributed by atoms with Crippen molar-refractivity contribution in [2.24, 2.45) is 0 Å². The van der Waals surface area contributed by atoms with E-state index in [9.17, 15) is 0 Å². The Morgan fingerprint density at radius 3 is 1.89 bits per heavy atom. The maximum Gasteiger partial charge on any atom is 0.0443 e. The topological polar surface area (TPSA) is 46.9 Å². The molecule has 0 bridgehead atoms. The lowest BCUT2D eigenvalue weighted by molar-refractivity contribution is 0.180. The highest BCUT2D eigenvalue weighted by molar-refractivity contribution is 4.66. The molecule has 1 saturated heterocycles. The van der Waals surface area contributed by atoms with Gasteiger partial charge in [0.05, 0.1) is 0 Å². The summed E-state index contributed by atoms with van der Waals surface area (Å²) in [4.78, 5) is 4.94. The van der Waals surface area contributed by atoms with Crippen LogP contribution in [0.1, 0.15) is 38.5 Å². The highest BCUT2D eigenvalue weighted by Crippen LogP contribution is 2.09. The van der Waals surface area contributed by atoms with Crippen LogP contribution in [0.5, 0.6) is 0 Å². The molecule has 18 heavy (non-hydrogen) atoms. The lowest BCUT2D eigenvalue weighted by Crippen LogP contribution is -2.34. The van der Waals surface area contributed by atoms with Crippen LogP contribution in [-0.2, 0) is 0 Å². The molecule has 0 unspecified atom stereocenters. The first-order valence-corrected chi connectivity index (χ1v) is 7.53. The standard InChI is InChI=1S/C14H30N2O2/c17-13-5-11-16(12-6-14-18)10-4-9-15-7-2-1-3-8-15/h17-18H,1-14H2. The van der Waals surface area contributed by atoms with E-state index in [-0.39, 0.29) is 13.2 Å². The second-order valence-corrected chi connectivity index (χ2v) is 5.25. The summed E-state index contributed by atoms with van der Waals surface area (Å²) in [5, 5.41) is 17.8. The van der Waals surface area contributed by atoms with Crippen LogP contribution in [0.25, 0.3) is 0 Å². The second-order valence-electron chi connectivity index (χ2n) is 5.25. The van der Waals surface area contributed by atoms with Gasteiger partial charge < -0.3 is 20.0 Å². The third-order valence-corrected chi connectivity index (χ3v) is 3.66. The normalized spacial score (nSPS) is 17.5. The highest BCUT2D eigenvalue weighted by Gasteiger charge is 2.10. The van der Waals surface area contributed by atoms with Gasteiger partial charge in [0.15, 0.2) is 0 Å². The van der Waals surface area contributed by atoms with E-state index < -0.39 is 0 Å². The summed E-state index contributed by atoms with van der Waals surface area (Å²) >= 11 is 0. The van der Waals surface area contributed by atoms with Crippen molar-refractivity contribution in [3.63, 3.8) is 0 Å². The minimum atomic E-state index is 0.266. The summed E-state index contributed by atoms with van der Waals surface area (Å²) in [5.74, 6) is 0. The van der Waals surface area contributed by atoms with Crippen LogP contribution < -0.4 is 0 Å². The fourth-order valence-corrected chi connectivity index (χ4v) is 2.62. The number of hydrogen-bond acceptors (Lipinski definition) is 4. The number of aliphatic hydroxyl groups excluding tert-OH is 2. The number of hydrogen-bond donors (Lipinski definition) is 2. The molecule has 0 spiro atoms. The average molecular weight is 258 g/mol. The molecular formula is C14H30N2O2. The van der Waals surface area contributed by atoms with Crippen molar-refractivity contribution in [2.45, 2.75) is 38.5 Å². The molecule has 4 heteroatoms. The van der Waals surface area contributed by atoms with Gasteiger partial charge in [0.2, 0.25) is 0 Å². The molecule has 1 aliphatic heterocycles. The first kappa shape index (κ1) is 15.9. The third-order valence-electron chi connectivity index (χ3n) is 3.66. The maximum atomic E-state index is 8.89. The fourth-order valence-electron chi connectivity index (χ4n) is 2.62. The Kier molecular flexibility index (Phi) is 9.48. The Morgan fingerprint density at radius 1 is 0.778 bits per heavy atom. The molecule has 0 atom stereocenters. The Balaban J connectivity index is 2.10.